The number of rotatable bonds is 16. The van der Waals surface area contributed by atoms with E-state index in [2.05, 4.69) is 121 Å². The van der Waals surface area contributed by atoms with Crippen molar-refractivity contribution in [3.05, 3.63) is 149 Å². The van der Waals surface area contributed by atoms with Gasteiger partial charge in [0.1, 0.15) is 5.75 Å². The Bertz CT molecular complexity index is 2150. The van der Waals surface area contributed by atoms with E-state index < -0.39 is 5.54 Å². The van der Waals surface area contributed by atoms with Crippen LogP contribution in [0.1, 0.15) is 80.9 Å². The number of ether oxygens (including phenoxy) is 2. The third-order valence-electron chi connectivity index (χ3n) is 13.4. The van der Waals surface area contributed by atoms with E-state index in [1.54, 1.807) is 6.92 Å². The zero-order chi connectivity index (χ0) is 41.2. The number of anilines is 1. The van der Waals surface area contributed by atoms with E-state index in [0.29, 0.717) is 36.9 Å². The summed E-state index contributed by atoms with van der Waals surface area (Å²) in [6.07, 6.45) is 13.1. The summed E-state index contributed by atoms with van der Waals surface area (Å²) in [6, 6.07) is 25.1. The first-order chi connectivity index (χ1) is 27.8. The van der Waals surface area contributed by atoms with Crippen LogP contribution in [-0.2, 0) is 27.8 Å². The highest BCUT2D eigenvalue weighted by Gasteiger charge is 2.58. The topological polar surface area (TPSA) is 62.3 Å². The number of allylic oxidation sites excluding steroid dienone is 4. The van der Waals surface area contributed by atoms with Crippen molar-refractivity contribution in [1.82, 2.24) is 9.80 Å². The monoisotopic (exact) mass is 779 g/mol. The molecule has 7 nitrogen and oxygen atoms in total. The number of carbonyl (C=O) groups is 2. The predicted octanol–water partition coefficient (Wildman–Crippen LogP) is 9.50. The highest BCUT2D eigenvalue weighted by molar-refractivity contribution is 6.03. The second-order valence-corrected chi connectivity index (χ2v) is 17.6. The SMILES string of the molecule is C=C(C)C(=O)OCCc1ccc(OC2=C=C(N3CCN(c4ccc(C(=O)C(CC)(Cc5ccccc5)N(C)C)cc4)CC3)C2(C)C)c(C2(C3C=CC=CC3)CC2C)c1. The standard InChI is InChI=1S/C51H61N3O4/c1-9-50(52(7)8,35-39-16-12-10-13-17-39)47(55)40-21-23-42(24-22-40)53-27-29-54(30-28-53)45-33-46(49(45,5)6)58-44-25-20-38(26-31-57-48(56)36(2)3)32-43(44)51(34-37(51)4)41-18-14-11-15-19-41/h10-18,20-25,32,37,41H,2,9,19,26-31,34-35H2,1,3-8H3. The number of piperazine rings is 1. The summed E-state index contributed by atoms with van der Waals surface area (Å²) in [5, 5.41) is 0. The maximum absolute atomic E-state index is 14.1. The number of ketones is 1. The van der Waals surface area contributed by atoms with E-state index in [1.807, 2.05) is 44.4 Å². The maximum Gasteiger partial charge on any atom is 0.333 e. The van der Waals surface area contributed by atoms with Crippen molar-refractivity contribution in [1.29, 1.82) is 0 Å². The molecular formula is C51H61N3O4. The van der Waals surface area contributed by atoms with Crippen LogP contribution in [0.4, 0.5) is 5.69 Å². The molecule has 1 saturated carbocycles. The lowest BCUT2D eigenvalue weighted by atomic mass is 9.76. The highest BCUT2D eigenvalue weighted by Crippen LogP contribution is 2.63. The Morgan fingerprint density at radius 1 is 0.948 bits per heavy atom. The molecule has 4 unspecified atom stereocenters. The zero-order valence-electron chi connectivity index (χ0n) is 35.6. The van der Waals surface area contributed by atoms with E-state index in [1.165, 1.54) is 16.8 Å². The molecule has 0 bridgehead atoms. The number of esters is 1. The van der Waals surface area contributed by atoms with Gasteiger partial charge in [-0.2, -0.15) is 0 Å². The minimum Gasteiger partial charge on any atom is -0.462 e. The number of hydrogen-bond acceptors (Lipinski definition) is 7. The summed E-state index contributed by atoms with van der Waals surface area (Å²) in [4.78, 5) is 33.2. The van der Waals surface area contributed by atoms with Gasteiger partial charge >= 0.3 is 5.97 Å². The van der Waals surface area contributed by atoms with Crippen molar-refractivity contribution < 1.29 is 19.1 Å². The van der Waals surface area contributed by atoms with Crippen LogP contribution in [0.2, 0.25) is 0 Å². The average molecular weight is 780 g/mol. The zero-order valence-corrected chi connectivity index (χ0v) is 35.6. The van der Waals surface area contributed by atoms with Crippen molar-refractivity contribution in [2.75, 3.05) is 51.8 Å². The summed E-state index contributed by atoms with van der Waals surface area (Å²) in [7, 11) is 4.03. The number of carbonyl (C=O) groups excluding carboxylic acids is 2. The van der Waals surface area contributed by atoms with Crippen LogP contribution in [0.25, 0.3) is 0 Å². The molecule has 1 heterocycles. The highest BCUT2D eigenvalue weighted by atomic mass is 16.5. The van der Waals surface area contributed by atoms with Crippen molar-refractivity contribution in [3.8, 4) is 5.75 Å². The second-order valence-electron chi connectivity index (χ2n) is 17.6. The van der Waals surface area contributed by atoms with E-state index >= 15 is 0 Å². The first-order valence-electron chi connectivity index (χ1n) is 21.2. The molecule has 58 heavy (non-hydrogen) atoms. The summed E-state index contributed by atoms with van der Waals surface area (Å²) in [5.41, 5.74) is 9.80. The van der Waals surface area contributed by atoms with Crippen LogP contribution in [0.5, 0.6) is 5.75 Å². The lowest BCUT2D eigenvalue weighted by Crippen LogP contribution is -2.52. The predicted molar refractivity (Wildman–Crippen MR) is 234 cm³/mol. The van der Waals surface area contributed by atoms with Gasteiger partial charge in [0, 0.05) is 60.4 Å². The van der Waals surface area contributed by atoms with Gasteiger partial charge in [-0.3, -0.25) is 9.69 Å². The molecule has 1 aliphatic heterocycles. The number of benzene rings is 3. The van der Waals surface area contributed by atoms with Gasteiger partial charge in [-0.25, -0.2) is 4.79 Å². The molecule has 7 rings (SSSR count). The van der Waals surface area contributed by atoms with Gasteiger partial charge in [0.25, 0.3) is 0 Å². The first-order valence-corrected chi connectivity index (χ1v) is 21.2. The molecule has 3 aromatic carbocycles. The number of Topliss-reactive ketones (excluding diaryl/α,β-unsaturated/α-hetero) is 1. The second kappa shape index (κ2) is 16.6. The fourth-order valence-corrected chi connectivity index (χ4v) is 9.53. The minimum atomic E-state index is -0.608. The van der Waals surface area contributed by atoms with Crippen molar-refractivity contribution >= 4 is 17.4 Å². The van der Waals surface area contributed by atoms with Gasteiger partial charge in [0.2, 0.25) is 0 Å². The van der Waals surface area contributed by atoms with Crippen molar-refractivity contribution in [2.24, 2.45) is 17.3 Å². The Hall–Kier alpha value is -5.10. The van der Waals surface area contributed by atoms with Gasteiger partial charge in [0.15, 0.2) is 11.5 Å². The molecule has 0 aromatic heterocycles. The normalized spacial score (nSPS) is 23.0. The van der Waals surface area contributed by atoms with Crippen molar-refractivity contribution in [3.63, 3.8) is 0 Å². The Labute approximate surface area is 346 Å². The minimum absolute atomic E-state index is 0.00254. The quantitative estimate of drug-likeness (QED) is 0.0622. The largest absolute Gasteiger partial charge is 0.462 e. The molecule has 304 valence electrons. The van der Waals surface area contributed by atoms with Crippen LogP contribution >= 0.6 is 0 Å². The molecule has 0 N–H and O–H groups in total. The Kier molecular flexibility index (Phi) is 11.8. The Morgan fingerprint density at radius 3 is 2.22 bits per heavy atom. The molecular weight excluding hydrogens is 719 g/mol. The average Bonchev–Trinajstić information content (AvgIpc) is 3.93. The van der Waals surface area contributed by atoms with Crippen LogP contribution in [0.15, 0.2) is 126 Å². The molecule has 3 aromatic rings. The third kappa shape index (κ3) is 7.87. The smallest absolute Gasteiger partial charge is 0.333 e. The molecule has 3 aliphatic carbocycles. The summed E-state index contributed by atoms with van der Waals surface area (Å²) in [5.74, 6) is 2.51. The molecule has 0 amide bonds. The maximum atomic E-state index is 14.1. The lowest BCUT2D eigenvalue weighted by molar-refractivity contribution is -0.138. The van der Waals surface area contributed by atoms with E-state index in [4.69, 9.17) is 9.47 Å². The van der Waals surface area contributed by atoms with Gasteiger partial charge in [-0.15, -0.1) is 0 Å². The number of nitrogens with zero attached hydrogens (tertiary/aromatic N) is 3. The molecule has 4 atom stereocenters. The fourth-order valence-electron chi connectivity index (χ4n) is 9.53. The van der Waals surface area contributed by atoms with Gasteiger partial charge in [-0.05, 0) is 114 Å². The van der Waals surface area contributed by atoms with Gasteiger partial charge in [-0.1, -0.05) is 92.9 Å². The van der Waals surface area contributed by atoms with Gasteiger partial charge < -0.3 is 19.3 Å². The van der Waals surface area contributed by atoms with E-state index in [0.717, 1.165) is 73.8 Å². The molecule has 7 heteroatoms. The summed E-state index contributed by atoms with van der Waals surface area (Å²) in [6.45, 7) is 18.2. The molecule has 1 saturated heterocycles. The van der Waals surface area contributed by atoms with E-state index in [9.17, 15) is 9.59 Å². The Balaban J connectivity index is 1.05. The first kappa shape index (κ1) is 41.1. The molecule has 0 radical (unpaired) electrons. The molecule has 2 fully saturated rings. The Morgan fingerprint density at radius 2 is 1.64 bits per heavy atom. The van der Waals surface area contributed by atoms with Crippen LogP contribution in [0, 0.1) is 17.3 Å². The van der Waals surface area contributed by atoms with E-state index in [-0.39, 0.29) is 22.6 Å². The molecule has 4 aliphatic rings. The lowest BCUT2D eigenvalue weighted by Gasteiger charge is -2.45. The van der Waals surface area contributed by atoms with Crippen molar-refractivity contribution in [2.45, 2.75) is 77.7 Å². The number of hydrogen-bond donors (Lipinski definition) is 0. The number of likely N-dealkylation sites (N-methyl/N-ethyl adjacent to an activating group) is 1. The fraction of sp³-hybridized carbons (Fsp3) is 0.431. The summed E-state index contributed by atoms with van der Waals surface area (Å²) >= 11 is 0. The third-order valence-corrected chi connectivity index (χ3v) is 13.4. The molecule has 0 spiro atoms. The van der Waals surface area contributed by atoms with Crippen LogP contribution in [-0.4, -0.2) is 74.0 Å². The van der Waals surface area contributed by atoms with Crippen LogP contribution < -0.4 is 9.64 Å². The van der Waals surface area contributed by atoms with Gasteiger partial charge in [0.05, 0.1) is 23.3 Å². The summed E-state index contributed by atoms with van der Waals surface area (Å²) < 4.78 is 12.4. The van der Waals surface area contributed by atoms with Crippen LogP contribution in [0.3, 0.4) is 0 Å².